The average Bonchev–Trinajstić information content (AvgIpc) is 2.89. The van der Waals surface area contributed by atoms with Crippen molar-refractivity contribution in [1.29, 1.82) is 0 Å². The molecule has 0 saturated heterocycles. The van der Waals surface area contributed by atoms with Crippen LogP contribution in [0.5, 0.6) is 0 Å². The highest BCUT2D eigenvalue weighted by atomic mass is 35.5. The van der Waals surface area contributed by atoms with Gasteiger partial charge in [-0.2, -0.15) is 4.98 Å². The molecule has 94 valence electrons. The van der Waals surface area contributed by atoms with Gasteiger partial charge >= 0.3 is 0 Å². The van der Waals surface area contributed by atoms with Crippen LogP contribution in [0.4, 0.5) is 5.69 Å². The third-order valence-electron chi connectivity index (χ3n) is 2.46. The minimum Gasteiger partial charge on any atom is -0.398 e. The molecule has 3 rings (SSSR count). The van der Waals surface area contributed by atoms with E-state index in [0.717, 1.165) is 0 Å². The molecule has 0 atom stereocenters. The molecular weight excluding hydrogens is 266 g/mol. The minimum absolute atomic E-state index is 0.315. The van der Waals surface area contributed by atoms with E-state index in [2.05, 4.69) is 20.1 Å². The van der Waals surface area contributed by atoms with Gasteiger partial charge in [0, 0.05) is 23.1 Å². The Morgan fingerprint density at radius 1 is 1.21 bits per heavy atom. The molecular formula is C12H8ClN5O. The van der Waals surface area contributed by atoms with Gasteiger partial charge in [-0.3, -0.25) is 4.98 Å². The molecule has 0 aliphatic heterocycles. The molecule has 0 spiro atoms. The zero-order valence-electron chi connectivity index (χ0n) is 9.62. The van der Waals surface area contributed by atoms with E-state index in [1.54, 1.807) is 36.8 Å². The second-order valence-corrected chi connectivity index (χ2v) is 4.18. The van der Waals surface area contributed by atoms with E-state index in [0.29, 0.717) is 33.7 Å². The van der Waals surface area contributed by atoms with Crippen molar-refractivity contribution >= 4 is 17.3 Å². The number of benzene rings is 1. The summed E-state index contributed by atoms with van der Waals surface area (Å²) >= 11 is 5.84. The summed E-state index contributed by atoms with van der Waals surface area (Å²) in [6.45, 7) is 0. The van der Waals surface area contributed by atoms with E-state index < -0.39 is 0 Å². The Hall–Kier alpha value is -2.47. The maximum atomic E-state index is 5.86. The molecule has 2 heterocycles. The number of nitrogens with two attached hydrogens (primary N) is 1. The Kier molecular flexibility index (Phi) is 2.85. The van der Waals surface area contributed by atoms with Crippen LogP contribution in [0.3, 0.4) is 0 Å². The molecule has 2 aromatic heterocycles. The number of hydrogen-bond acceptors (Lipinski definition) is 6. The van der Waals surface area contributed by atoms with E-state index in [9.17, 15) is 0 Å². The minimum atomic E-state index is 0.315. The van der Waals surface area contributed by atoms with E-state index in [1.165, 1.54) is 0 Å². The lowest BCUT2D eigenvalue weighted by atomic mass is 10.2. The Morgan fingerprint density at radius 2 is 2.11 bits per heavy atom. The molecule has 0 amide bonds. The summed E-state index contributed by atoms with van der Waals surface area (Å²) in [5, 5.41) is 4.40. The quantitative estimate of drug-likeness (QED) is 0.721. The zero-order chi connectivity index (χ0) is 13.2. The number of nitrogen functional groups attached to an aromatic ring is 1. The maximum Gasteiger partial charge on any atom is 0.260 e. The summed E-state index contributed by atoms with van der Waals surface area (Å²) in [7, 11) is 0. The van der Waals surface area contributed by atoms with Crippen molar-refractivity contribution in [2.24, 2.45) is 0 Å². The third kappa shape index (κ3) is 2.25. The van der Waals surface area contributed by atoms with Gasteiger partial charge in [-0.15, -0.1) is 0 Å². The summed E-state index contributed by atoms with van der Waals surface area (Å²) in [4.78, 5) is 12.3. The lowest BCUT2D eigenvalue weighted by Crippen LogP contribution is -1.90. The zero-order valence-corrected chi connectivity index (χ0v) is 10.4. The summed E-state index contributed by atoms with van der Waals surface area (Å²) in [5.74, 6) is 0.673. The number of halogens is 1. The second kappa shape index (κ2) is 4.66. The lowest BCUT2D eigenvalue weighted by Gasteiger charge is -1.99. The van der Waals surface area contributed by atoms with Crippen LogP contribution >= 0.6 is 11.6 Å². The molecule has 0 radical (unpaired) electrons. The maximum absolute atomic E-state index is 5.86. The third-order valence-corrected chi connectivity index (χ3v) is 2.70. The van der Waals surface area contributed by atoms with Crippen LogP contribution in [-0.4, -0.2) is 20.1 Å². The summed E-state index contributed by atoms with van der Waals surface area (Å²) < 4.78 is 5.17. The van der Waals surface area contributed by atoms with Crippen molar-refractivity contribution in [2.45, 2.75) is 0 Å². The van der Waals surface area contributed by atoms with Crippen LogP contribution in [0.1, 0.15) is 0 Å². The van der Waals surface area contributed by atoms with Crippen molar-refractivity contribution in [3.05, 3.63) is 41.8 Å². The van der Waals surface area contributed by atoms with Crippen molar-refractivity contribution in [3.63, 3.8) is 0 Å². The SMILES string of the molecule is Nc1cc(Cl)ccc1-c1nc(-c2cnccn2)no1. The van der Waals surface area contributed by atoms with Gasteiger partial charge in [0.05, 0.1) is 11.8 Å². The van der Waals surface area contributed by atoms with Gasteiger partial charge in [0.15, 0.2) is 0 Å². The number of hydrogen-bond donors (Lipinski definition) is 1. The first-order valence-electron chi connectivity index (χ1n) is 5.39. The van der Waals surface area contributed by atoms with Crippen LogP contribution in [0.15, 0.2) is 41.3 Å². The fourth-order valence-electron chi connectivity index (χ4n) is 1.58. The highest BCUT2D eigenvalue weighted by Crippen LogP contribution is 2.28. The van der Waals surface area contributed by atoms with E-state index in [4.69, 9.17) is 21.9 Å². The fourth-order valence-corrected chi connectivity index (χ4v) is 1.76. The van der Waals surface area contributed by atoms with Gasteiger partial charge < -0.3 is 10.3 Å². The molecule has 1 aromatic carbocycles. The standard InChI is InChI=1S/C12H8ClN5O/c13-7-1-2-8(9(14)5-7)12-17-11(18-19-12)10-6-15-3-4-16-10/h1-6H,14H2. The van der Waals surface area contributed by atoms with Crippen molar-refractivity contribution in [1.82, 2.24) is 20.1 Å². The second-order valence-electron chi connectivity index (χ2n) is 3.75. The predicted octanol–water partition coefficient (Wildman–Crippen LogP) is 2.43. The van der Waals surface area contributed by atoms with Gasteiger partial charge in [0.2, 0.25) is 5.82 Å². The van der Waals surface area contributed by atoms with Crippen molar-refractivity contribution < 1.29 is 4.52 Å². The topological polar surface area (TPSA) is 90.7 Å². The molecule has 0 unspecified atom stereocenters. The largest absolute Gasteiger partial charge is 0.398 e. The van der Waals surface area contributed by atoms with E-state index >= 15 is 0 Å². The van der Waals surface area contributed by atoms with Crippen LogP contribution < -0.4 is 5.73 Å². The Bertz CT molecular complexity index is 713. The monoisotopic (exact) mass is 273 g/mol. The Labute approximate surface area is 113 Å². The highest BCUT2D eigenvalue weighted by Gasteiger charge is 2.13. The first-order valence-corrected chi connectivity index (χ1v) is 5.77. The smallest absolute Gasteiger partial charge is 0.260 e. The van der Waals surface area contributed by atoms with Gasteiger partial charge in [-0.25, -0.2) is 4.98 Å². The molecule has 2 N–H and O–H groups in total. The van der Waals surface area contributed by atoms with Crippen molar-refractivity contribution in [2.75, 3.05) is 5.73 Å². The highest BCUT2D eigenvalue weighted by molar-refractivity contribution is 6.31. The first-order chi connectivity index (χ1) is 9.24. The van der Waals surface area contributed by atoms with Gasteiger partial charge in [0.25, 0.3) is 5.89 Å². The summed E-state index contributed by atoms with van der Waals surface area (Å²) in [6, 6.07) is 5.06. The van der Waals surface area contributed by atoms with Gasteiger partial charge in [-0.1, -0.05) is 16.8 Å². The number of anilines is 1. The molecule has 6 nitrogen and oxygen atoms in total. The number of rotatable bonds is 2. The molecule has 7 heteroatoms. The molecule has 0 bridgehead atoms. The Balaban J connectivity index is 2.02. The summed E-state index contributed by atoms with van der Waals surface area (Å²) in [5.41, 5.74) is 7.50. The molecule has 0 aliphatic rings. The molecule has 3 aromatic rings. The first kappa shape index (κ1) is 11.6. The predicted molar refractivity (Wildman–Crippen MR) is 70.2 cm³/mol. The van der Waals surface area contributed by atoms with Crippen LogP contribution in [0, 0.1) is 0 Å². The lowest BCUT2D eigenvalue weighted by molar-refractivity contribution is 0.432. The molecule has 0 aliphatic carbocycles. The number of nitrogens with zero attached hydrogens (tertiary/aromatic N) is 4. The fraction of sp³-hybridized carbons (Fsp3) is 0. The normalized spacial score (nSPS) is 10.6. The number of aromatic nitrogens is 4. The van der Waals surface area contributed by atoms with E-state index in [-0.39, 0.29) is 0 Å². The van der Waals surface area contributed by atoms with E-state index in [1.807, 2.05) is 0 Å². The molecule has 0 fully saturated rings. The van der Waals surface area contributed by atoms with Crippen LogP contribution in [0.25, 0.3) is 23.0 Å². The Morgan fingerprint density at radius 3 is 2.84 bits per heavy atom. The van der Waals surface area contributed by atoms with Gasteiger partial charge in [0.1, 0.15) is 5.69 Å². The van der Waals surface area contributed by atoms with Crippen molar-refractivity contribution in [3.8, 4) is 23.0 Å². The molecule has 0 saturated carbocycles. The average molecular weight is 274 g/mol. The summed E-state index contributed by atoms with van der Waals surface area (Å²) in [6.07, 6.45) is 4.68. The van der Waals surface area contributed by atoms with Crippen LogP contribution in [0.2, 0.25) is 5.02 Å². The van der Waals surface area contributed by atoms with Gasteiger partial charge in [-0.05, 0) is 18.2 Å². The van der Waals surface area contributed by atoms with Crippen LogP contribution in [-0.2, 0) is 0 Å². The molecule has 19 heavy (non-hydrogen) atoms.